The fourth-order valence-electron chi connectivity index (χ4n) is 2.87. The molecule has 5 heteroatoms. The number of nitrogens with one attached hydrogen (secondary N) is 3. The van der Waals surface area contributed by atoms with Gasteiger partial charge in [-0.3, -0.25) is 9.59 Å². The number of carbonyl (C=O) groups excluding carboxylic acids is 2. The normalized spacial score (nSPS) is 20.8. The van der Waals surface area contributed by atoms with Crippen molar-refractivity contribution in [2.24, 2.45) is 0 Å². The molecular weight excluding hydrogens is 278 g/mol. The van der Waals surface area contributed by atoms with Gasteiger partial charge in [0.2, 0.25) is 0 Å². The molecule has 0 saturated carbocycles. The summed E-state index contributed by atoms with van der Waals surface area (Å²) in [5.74, 6) is 0.382. The quantitative estimate of drug-likeness (QED) is 0.676. The second kappa shape index (κ2) is 7.94. The number of hydrogen-bond acceptors (Lipinski definition) is 2. The second-order valence-corrected chi connectivity index (χ2v) is 5.92. The highest BCUT2D eigenvalue weighted by molar-refractivity contribution is 5.81. The first kappa shape index (κ1) is 16.5. The summed E-state index contributed by atoms with van der Waals surface area (Å²) in [4.78, 5) is 24.8. The Morgan fingerprint density at radius 3 is 2.73 bits per heavy atom. The molecule has 1 aromatic carbocycles. The Morgan fingerprint density at radius 1 is 1.36 bits per heavy atom. The molecule has 1 saturated heterocycles. The van der Waals surface area contributed by atoms with Crippen molar-refractivity contribution in [2.45, 2.75) is 32.2 Å². The highest BCUT2D eigenvalue weighted by atomic mass is 16.2. The molecule has 0 aliphatic carbocycles. The van der Waals surface area contributed by atoms with Crippen molar-refractivity contribution in [1.29, 1.82) is 0 Å². The first-order chi connectivity index (χ1) is 10.6. The van der Waals surface area contributed by atoms with E-state index in [-0.39, 0.29) is 17.9 Å². The van der Waals surface area contributed by atoms with Crippen LogP contribution in [0.25, 0.3) is 0 Å². The SMILES string of the molecule is CC[C@@H](CNC(=O)[C@H](C)[NH+]1CCNC(=O)C1)c1ccccc1. The van der Waals surface area contributed by atoms with E-state index in [4.69, 9.17) is 0 Å². The summed E-state index contributed by atoms with van der Waals surface area (Å²) in [7, 11) is 0. The predicted octanol–water partition coefficient (Wildman–Crippen LogP) is -0.300. The minimum Gasteiger partial charge on any atom is -0.350 e. The molecule has 22 heavy (non-hydrogen) atoms. The molecule has 1 aliphatic heterocycles. The van der Waals surface area contributed by atoms with Gasteiger partial charge in [-0.15, -0.1) is 0 Å². The largest absolute Gasteiger partial charge is 0.350 e. The highest BCUT2D eigenvalue weighted by Gasteiger charge is 2.29. The van der Waals surface area contributed by atoms with E-state index in [2.05, 4.69) is 29.7 Å². The van der Waals surface area contributed by atoms with Gasteiger partial charge in [0.25, 0.3) is 11.8 Å². The zero-order valence-electron chi connectivity index (χ0n) is 13.4. The molecule has 5 nitrogen and oxygen atoms in total. The minimum atomic E-state index is -0.195. The molecule has 1 aromatic rings. The number of quaternary nitrogens is 1. The van der Waals surface area contributed by atoms with Crippen LogP contribution in [0.1, 0.15) is 31.7 Å². The Hall–Kier alpha value is -1.88. The third-order valence-corrected chi connectivity index (χ3v) is 4.45. The second-order valence-electron chi connectivity index (χ2n) is 5.92. The molecule has 0 spiro atoms. The Morgan fingerprint density at radius 2 is 2.09 bits per heavy atom. The molecule has 1 heterocycles. The fourth-order valence-corrected chi connectivity index (χ4v) is 2.87. The summed E-state index contributed by atoms with van der Waals surface area (Å²) < 4.78 is 0. The van der Waals surface area contributed by atoms with E-state index in [1.54, 1.807) is 0 Å². The van der Waals surface area contributed by atoms with Gasteiger partial charge in [-0.1, -0.05) is 37.3 Å². The lowest BCUT2D eigenvalue weighted by Crippen LogP contribution is -3.19. The van der Waals surface area contributed by atoms with Crippen LogP contribution in [-0.4, -0.2) is 44.0 Å². The van der Waals surface area contributed by atoms with Gasteiger partial charge in [0, 0.05) is 12.5 Å². The summed E-state index contributed by atoms with van der Waals surface area (Å²) in [5.41, 5.74) is 1.25. The van der Waals surface area contributed by atoms with Gasteiger partial charge < -0.3 is 15.5 Å². The number of carbonyl (C=O) groups is 2. The van der Waals surface area contributed by atoms with Crippen LogP contribution in [-0.2, 0) is 9.59 Å². The first-order valence-corrected chi connectivity index (χ1v) is 8.05. The van der Waals surface area contributed by atoms with Gasteiger partial charge >= 0.3 is 0 Å². The molecule has 1 fully saturated rings. The zero-order valence-corrected chi connectivity index (χ0v) is 13.4. The molecule has 120 valence electrons. The van der Waals surface area contributed by atoms with Gasteiger partial charge in [0.05, 0.1) is 13.1 Å². The van der Waals surface area contributed by atoms with Crippen LogP contribution in [0, 0.1) is 0 Å². The van der Waals surface area contributed by atoms with Crippen molar-refractivity contribution in [2.75, 3.05) is 26.2 Å². The molecule has 3 N–H and O–H groups in total. The predicted molar refractivity (Wildman–Crippen MR) is 85.7 cm³/mol. The van der Waals surface area contributed by atoms with Crippen LogP contribution in [0.3, 0.4) is 0 Å². The Balaban J connectivity index is 1.87. The Bertz CT molecular complexity index is 504. The van der Waals surface area contributed by atoms with E-state index in [0.29, 0.717) is 25.6 Å². The van der Waals surface area contributed by atoms with Gasteiger partial charge in [0.15, 0.2) is 12.6 Å². The average Bonchev–Trinajstić information content (AvgIpc) is 2.55. The van der Waals surface area contributed by atoms with E-state index in [9.17, 15) is 9.59 Å². The lowest BCUT2D eigenvalue weighted by molar-refractivity contribution is -0.907. The molecule has 2 amide bonds. The van der Waals surface area contributed by atoms with Crippen LogP contribution in [0.4, 0.5) is 0 Å². The maximum Gasteiger partial charge on any atom is 0.278 e. The monoisotopic (exact) mass is 304 g/mol. The summed E-state index contributed by atoms with van der Waals surface area (Å²) in [6.07, 6.45) is 0.984. The van der Waals surface area contributed by atoms with Crippen LogP contribution in [0.5, 0.6) is 0 Å². The van der Waals surface area contributed by atoms with Crippen LogP contribution >= 0.6 is 0 Å². The molecule has 1 unspecified atom stereocenters. The van der Waals surface area contributed by atoms with Gasteiger partial charge in [-0.2, -0.15) is 0 Å². The highest BCUT2D eigenvalue weighted by Crippen LogP contribution is 2.17. The number of piperazine rings is 1. The molecule has 3 atom stereocenters. The third-order valence-electron chi connectivity index (χ3n) is 4.45. The van der Waals surface area contributed by atoms with Gasteiger partial charge in [-0.25, -0.2) is 0 Å². The molecule has 0 radical (unpaired) electrons. The average molecular weight is 304 g/mol. The smallest absolute Gasteiger partial charge is 0.278 e. The summed E-state index contributed by atoms with van der Waals surface area (Å²) >= 11 is 0. The lowest BCUT2D eigenvalue weighted by atomic mass is 9.96. The van der Waals surface area contributed by atoms with Crippen molar-refractivity contribution in [1.82, 2.24) is 10.6 Å². The van der Waals surface area contributed by atoms with E-state index < -0.39 is 0 Å². The molecular formula is C17H26N3O2+. The molecule has 1 aliphatic rings. The van der Waals surface area contributed by atoms with Crippen molar-refractivity contribution in [3.63, 3.8) is 0 Å². The van der Waals surface area contributed by atoms with Crippen LogP contribution in [0.15, 0.2) is 30.3 Å². The molecule has 0 aromatic heterocycles. The lowest BCUT2D eigenvalue weighted by Gasteiger charge is -2.28. The Kier molecular flexibility index (Phi) is 5.95. The zero-order chi connectivity index (χ0) is 15.9. The van der Waals surface area contributed by atoms with Crippen molar-refractivity contribution in [3.05, 3.63) is 35.9 Å². The van der Waals surface area contributed by atoms with Crippen molar-refractivity contribution >= 4 is 11.8 Å². The van der Waals surface area contributed by atoms with E-state index in [1.807, 2.05) is 25.1 Å². The number of amides is 2. The number of rotatable bonds is 6. The molecule has 2 rings (SSSR count). The van der Waals surface area contributed by atoms with E-state index >= 15 is 0 Å². The topological polar surface area (TPSA) is 62.6 Å². The molecule has 0 bridgehead atoms. The fraction of sp³-hybridized carbons (Fsp3) is 0.529. The van der Waals surface area contributed by atoms with E-state index in [0.717, 1.165) is 17.9 Å². The standard InChI is InChI=1S/C17H25N3O2/c1-3-14(15-7-5-4-6-8-15)11-19-17(22)13(2)20-10-9-18-16(21)12-20/h4-8,13-14H,3,9-12H2,1-2H3,(H,18,21)(H,19,22)/p+1/t13-,14-/m0/s1. The maximum absolute atomic E-state index is 12.3. The summed E-state index contributed by atoms with van der Waals surface area (Å²) in [5, 5.41) is 5.85. The summed E-state index contributed by atoms with van der Waals surface area (Å²) in [6, 6.07) is 10.1. The van der Waals surface area contributed by atoms with Crippen LogP contribution in [0.2, 0.25) is 0 Å². The maximum atomic E-state index is 12.3. The van der Waals surface area contributed by atoms with Crippen molar-refractivity contribution in [3.8, 4) is 0 Å². The number of benzene rings is 1. The third kappa shape index (κ3) is 4.31. The number of hydrogen-bond donors (Lipinski definition) is 3. The van der Waals surface area contributed by atoms with Crippen LogP contribution < -0.4 is 15.5 Å². The van der Waals surface area contributed by atoms with Gasteiger partial charge in [-0.05, 0) is 18.9 Å². The van der Waals surface area contributed by atoms with Crippen molar-refractivity contribution < 1.29 is 14.5 Å². The Labute approximate surface area is 132 Å². The first-order valence-electron chi connectivity index (χ1n) is 8.05. The summed E-state index contributed by atoms with van der Waals surface area (Å²) in [6.45, 7) is 6.50. The minimum absolute atomic E-state index is 0.0246. The van der Waals surface area contributed by atoms with E-state index in [1.165, 1.54) is 5.56 Å². The van der Waals surface area contributed by atoms with Gasteiger partial charge in [0.1, 0.15) is 0 Å².